The summed E-state index contributed by atoms with van der Waals surface area (Å²) in [6, 6.07) is 7.79. The molecule has 2 heterocycles. The fourth-order valence-electron chi connectivity index (χ4n) is 1.43. The number of benzene rings is 1. The summed E-state index contributed by atoms with van der Waals surface area (Å²) in [5.74, 6) is 0. The van der Waals surface area contributed by atoms with Crippen molar-refractivity contribution in [3.63, 3.8) is 0 Å². The van der Waals surface area contributed by atoms with E-state index >= 15 is 0 Å². The Bertz CT molecular complexity index is 461. The minimum absolute atomic E-state index is 0.188. The minimum atomic E-state index is 0.188. The predicted octanol–water partition coefficient (Wildman–Crippen LogP) is 2.28. The lowest BCUT2D eigenvalue weighted by Gasteiger charge is -2.09. The van der Waals surface area contributed by atoms with Gasteiger partial charge in [0.1, 0.15) is 11.7 Å². The molecule has 0 fully saturated rings. The summed E-state index contributed by atoms with van der Waals surface area (Å²) in [6.45, 7) is 0. The van der Waals surface area contributed by atoms with Crippen molar-refractivity contribution in [3.05, 3.63) is 41.2 Å². The Morgan fingerprint density at radius 3 is 2.87 bits per heavy atom. The molecule has 0 saturated carbocycles. The van der Waals surface area contributed by atoms with Gasteiger partial charge in [0, 0.05) is 5.02 Å². The third kappa shape index (κ3) is 1.57. The van der Waals surface area contributed by atoms with E-state index in [9.17, 15) is 0 Å². The smallest absolute Gasteiger partial charge is 0.212 e. The first-order valence-electron chi connectivity index (χ1n) is 4.41. The van der Waals surface area contributed by atoms with Gasteiger partial charge in [0.15, 0.2) is 0 Å². The third-order valence-electron chi connectivity index (χ3n) is 2.17. The van der Waals surface area contributed by atoms with Crippen LogP contribution >= 0.6 is 23.4 Å². The number of rotatable bonds is 1. The van der Waals surface area contributed by atoms with Gasteiger partial charge in [-0.15, -0.1) is 10.2 Å². The van der Waals surface area contributed by atoms with Crippen LogP contribution in [0.1, 0.15) is 10.9 Å². The van der Waals surface area contributed by atoms with Crippen LogP contribution in [0.4, 0.5) is 0 Å². The zero-order chi connectivity index (χ0) is 10.3. The fourth-order valence-corrected chi connectivity index (χ4v) is 2.54. The first kappa shape index (κ1) is 9.06. The Morgan fingerprint density at radius 1 is 1.33 bits per heavy atom. The van der Waals surface area contributed by atoms with E-state index < -0.39 is 0 Å². The fraction of sp³-hybridized carbons (Fsp3) is 0.111. The van der Waals surface area contributed by atoms with E-state index in [0.29, 0.717) is 0 Å². The number of hydrogen-bond acceptors (Lipinski definition) is 4. The quantitative estimate of drug-likeness (QED) is 0.828. The van der Waals surface area contributed by atoms with Gasteiger partial charge < -0.3 is 5.43 Å². The Morgan fingerprint density at radius 2 is 2.13 bits per heavy atom. The Labute approximate surface area is 95.6 Å². The molecule has 0 bridgehead atoms. The standard InChI is InChI=1S/C9H7ClN4S/c10-7-3-1-6(2-4-7)8-13-14-5-11-12-9(14)15-8/h1-5,8,13H. The number of fused-ring (bicyclic) bond motifs is 1. The molecule has 1 aromatic carbocycles. The van der Waals surface area contributed by atoms with Crippen LogP contribution in [0.2, 0.25) is 5.02 Å². The zero-order valence-corrected chi connectivity index (χ0v) is 9.16. The highest BCUT2D eigenvalue weighted by Gasteiger charge is 2.23. The van der Waals surface area contributed by atoms with Crippen molar-refractivity contribution in [1.29, 1.82) is 0 Å². The van der Waals surface area contributed by atoms with E-state index in [1.807, 2.05) is 28.9 Å². The van der Waals surface area contributed by atoms with Crippen molar-refractivity contribution >= 4 is 23.4 Å². The van der Waals surface area contributed by atoms with E-state index in [0.717, 1.165) is 10.2 Å². The molecule has 1 aromatic heterocycles. The molecule has 6 heteroatoms. The van der Waals surface area contributed by atoms with Gasteiger partial charge in [-0.1, -0.05) is 35.5 Å². The van der Waals surface area contributed by atoms with Crippen molar-refractivity contribution in [2.45, 2.75) is 10.5 Å². The summed E-state index contributed by atoms with van der Waals surface area (Å²) >= 11 is 7.47. The van der Waals surface area contributed by atoms with Gasteiger partial charge in [-0.2, -0.15) is 0 Å². The van der Waals surface area contributed by atoms with Crippen LogP contribution in [0.3, 0.4) is 0 Å². The maximum absolute atomic E-state index is 5.83. The maximum Gasteiger partial charge on any atom is 0.212 e. The molecule has 1 aliphatic rings. The molecule has 0 saturated heterocycles. The molecule has 0 radical (unpaired) electrons. The Kier molecular flexibility index (Phi) is 2.07. The molecule has 3 rings (SSSR count). The molecular weight excluding hydrogens is 232 g/mol. The highest BCUT2D eigenvalue weighted by atomic mass is 35.5. The largest absolute Gasteiger partial charge is 0.304 e. The number of nitrogens with one attached hydrogen (secondary N) is 1. The molecule has 1 N–H and O–H groups in total. The molecule has 1 atom stereocenters. The molecule has 76 valence electrons. The predicted molar refractivity (Wildman–Crippen MR) is 59.4 cm³/mol. The van der Waals surface area contributed by atoms with E-state index in [1.54, 1.807) is 18.1 Å². The van der Waals surface area contributed by atoms with Crippen molar-refractivity contribution in [3.8, 4) is 0 Å². The molecule has 4 nitrogen and oxygen atoms in total. The van der Waals surface area contributed by atoms with E-state index in [2.05, 4.69) is 15.6 Å². The van der Waals surface area contributed by atoms with E-state index in [4.69, 9.17) is 11.6 Å². The van der Waals surface area contributed by atoms with Crippen LogP contribution in [0.15, 0.2) is 35.7 Å². The second kappa shape index (κ2) is 3.43. The molecular formula is C9H7ClN4S. The minimum Gasteiger partial charge on any atom is -0.304 e. The number of halogens is 1. The first-order chi connectivity index (χ1) is 7.33. The van der Waals surface area contributed by atoms with Crippen molar-refractivity contribution in [2.75, 3.05) is 5.43 Å². The van der Waals surface area contributed by atoms with Crippen LogP contribution < -0.4 is 5.43 Å². The van der Waals surface area contributed by atoms with Crippen LogP contribution in [0.5, 0.6) is 0 Å². The molecule has 1 aliphatic heterocycles. The molecule has 0 aliphatic carbocycles. The Hall–Kier alpha value is -1.20. The SMILES string of the molecule is Clc1ccc(C2Nn3cnnc3S2)cc1. The van der Waals surface area contributed by atoms with Gasteiger partial charge in [-0.25, -0.2) is 4.68 Å². The maximum atomic E-state index is 5.83. The lowest BCUT2D eigenvalue weighted by atomic mass is 10.2. The monoisotopic (exact) mass is 238 g/mol. The zero-order valence-electron chi connectivity index (χ0n) is 7.59. The molecule has 0 amide bonds. The van der Waals surface area contributed by atoms with Crippen LogP contribution in [0, 0.1) is 0 Å². The van der Waals surface area contributed by atoms with Gasteiger partial charge >= 0.3 is 0 Å². The molecule has 15 heavy (non-hydrogen) atoms. The first-order valence-corrected chi connectivity index (χ1v) is 5.67. The van der Waals surface area contributed by atoms with Gasteiger partial charge in [0.05, 0.1) is 0 Å². The van der Waals surface area contributed by atoms with Crippen LogP contribution in [0.25, 0.3) is 0 Å². The summed E-state index contributed by atoms with van der Waals surface area (Å²) in [5, 5.41) is 9.59. The summed E-state index contributed by atoms with van der Waals surface area (Å²) < 4.78 is 1.82. The van der Waals surface area contributed by atoms with Crippen molar-refractivity contribution in [2.24, 2.45) is 0 Å². The number of hydrogen-bond donors (Lipinski definition) is 1. The average molecular weight is 239 g/mol. The number of aromatic nitrogens is 3. The summed E-state index contributed by atoms with van der Waals surface area (Å²) in [4.78, 5) is 0. The second-order valence-electron chi connectivity index (χ2n) is 3.16. The Balaban J connectivity index is 1.87. The molecule has 0 spiro atoms. The van der Waals surface area contributed by atoms with Gasteiger partial charge in [-0.3, -0.25) is 0 Å². The van der Waals surface area contributed by atoms with Gasteiger partial charge in [-0.05, 0) is 17.7 Å². The lowest BCUT2D eigenvalue weighted by Crippen LogP contribution is -2.10. The number of thioether (sulfide) groups is 1. The summed E-state index contributed by atoms with van der Waals surface area (Å²) in [6.07, 6.45) is 1.66. The van der Waals surface area contributed by atoms with Crippen molar-refractivity contribution < 1.29 is 0 Å². The van der Waals surface area contributed by atoms with Gasteiger partial charge in [0.25, 0.3) is 0 Å². The third-order valence-corrected chi connectivity index (χ3v) is 3.52. The topological polar surface area (TPSA) is 42.7 Å². The van der Waals surface area contributed by atoms with Crippen molar-refractivity contribution in [1.82, 2.24) is 14.9 Å². The highest BCUT2D eigenvalue weighted by molar-refractivity contribution is 7.99. The average Bonchev–Trinajstić information content (AvgIpc) is 2.78. The molecule has 2 aromatic rings. The van der Waals surface area contributed by atoms with E-state index in [1.165, 1.54) is 5.56 Å². The van der Waals surface area contributed by atoms with Crippen LogP contribution in [-0.4, -0.2) is 14.9 Å². The van der Waals surface area contributed by atoms with E-state index in [-0.39, 0.29) is 5.37 Å². The highest BCUT2D eigenvalue weighted by Crippen LogP contribution is 2.37. The molecule has 1 unspecified atom stereocenters. The lowest BCUT2D eigenvalue weighted by molar-refractivity contribution is 0.787. The number of nitrogens with zero attached hydrogens (tertiary/aromatic N) is 3. The van der Waals surface area contributed by atoms with Gasteiger partial charge in [0.2, 0.25) is 5.16 Å². The summed E-state index contributed by atoms with van der Waals surface area (Å²) in [5.41, 5.74) is 4.44. The van der Waals surface area contributed by atoms with Crippen LogP contribution in [-0.2, 0) is 0 Å². The normalized spacial score (nSPS) is 18.6. The second-order valence-corrected chi connectivity index (χ2v) is 4.67. The summed E-state index contributed by atoms with van der Waals surface area (Å²) in [7, 11) is 0.